The number of hydrogen-bond donors (Lipinski definition) is 2. The van der Waals surface area contributed by atoms with Crippen LogP contribution >= 0.6 is 0 Å². The van der Waals surface area contributed by atoms with E-state index >= 15 is 0 Å². The van der Waals surface area contributed by atoms with Crippen molar-refractivity contribution < 1.29 is 17.9 Å². The number of rotatable bonds is 8. The molecule has 0 bridgehead atoms. The van der Waals surface area contributed by atoms with Crippen LogP contribution in [0.5, 0.6) is 5.75 Å². The van der Waals surface area contributed by atoms with Gasteiger partial charge in [0.15, 0.2) is 0 Å². The molecule has 134 valence electrons. The van der Waals surface area contributed by atoms with Crippen LogP contribution < -0.4 is 14.8 Å². The zero-order chi connectivity index (χ0) is 18.3. The maximum absolute atomic E-state index is 12.2. The Morgan fingerprint density at radius 2 is 1.84 bits per heavy atom. The number of methoxy groups -OCH3 is 1. The minimum absolute atomic E-state index is 0.0207. The monoisotopic (exact) mass is 362 g/mol. The summed E-state index contributed by atoms with van der Waals surface area (Å²) in [5, 5.41) is 2.61. The van der Waals surface area contributed by atoms with Gasteiger partial charge < -0.3 is 10.1 Å². The van der Waals surface area contributed by atoms with Gasteiger partial charge in [0.25, 0.3) is 5.91 Å². The van der Waals surface area contributed by atoms with Crippen LogP contribution in [0.1, 0.15) is 28.9 Å². The number of amides is 1. The first kappa shape index (κ1) is 19.0. The van der Waals surface area contributed by atoms with Gasteiger partial charge in [-0.3, -0.25) is 4.79 Å². The molecule has 25 heavy (non-hydrogen) atoms. The summed E-state index contributed by atoms with van der Waals surface area (Å²) in [5.41, 5.74) is 1.30. The van der Waals surface area contributed by atoms with Crippen LogP contribution in [0.25, 0.3) is 0 Å². The SMILES string of the molecule is COc1cccc(C(=O)NCCS(=O)(=O)N[C@H](C)c2ccccc2)c1. The fourth-order valence-corrected chi connectivity index (χ4v) is 3.47. The van der Waals surface area contributed by atoms with Gasteiger partial charge >= 0.3 is 0 Å². The Morgan fingerprint density at radius 1 is 1.12 bits per heavy atom. The van der Waals surface area contributed by atoms with E-state index in [1.54, 1.807) is 31.2 Å². The Bertz CT molecular complexity index is 807. The first-order valence-corrected chi connectivity index (χ1v) is 9.54. The fraction of sp³-hybridized carbons (Fsp3) is 0.278. The minimum atomic E-state index is -3.51. The molecular formula is C18H22N2O4S. The predicted octanol–water partition coefficient (Wildman–Crippen LogP) is 2.11. The van der Waals surface area contributed by atoms with Gasteiger partial charge in [0.05, 0.1) is 12.9 Å². The van der Waals surface area contributed by atoms with Crippen molar-refractivity contribution >= 4 is 15.9 Å². The van der Waals surface area contributed by atoms with Gasteiger partial charge in [0.2, 0.25) is 10.0 Å². The Balaban J connectivity index is 1.86. The number of ether oxygens (including phenoxy) is 1. The quantitative estimate of drug-likeness (QED) is 0.753. The van der Waals surface area contributed by atoms with E-state index in [9.17, 15) is 13.2 Å². The molecule has 2 aromatic rings. The van der Waals surface area contributed by atoms with Crippen LogP contribution in [0.2, 0.25) is 0 Å². The van der Waals surface area contributed by atoms with Crippen molar-refractivity contribution in [1.29, 1.82) is 0 Å². The molecule has 0 aliphatic carbocycles. The molecule has 1 atom stereocenters. The fourth-order valence-electron chi connectivity index (χ4n) is 2.30. The number of carbonyl (C=O) groups excluding carboxylic acids is 1. The molecule has 0 heterocycles. The summed E-state index contributed by atoms with van der Waals surface area (Å²) in [7, 11) is -1.99. The lowest BCUT2D eigenvalue weighted by Crippen LogP contribution is -2.35. The van der Waals surface area contributed by atoms with E-state index < -0.39 is 10.0 Å². The van der Waals surface area contributed by atoms with Crippen molar-refractivity contribution in [3.63, 3.8) is 0 Å². The number of nitrogens with one attached hydrogen (secondary N) is 2. The Labute approximate surface area is 148 Å². The first-order chi connectivity index (χ1) is 11.9. The van der Waals surface area contributed by atoms with E-state index in [1.807, 2.05) is 30.3 Å². The third-order valence-electron chi connectivity index (χ3n) is 3.64. The summed E-state index contributed by atoms with van der Waals surface area (Å²) in [5.74, 6) is 0.0312. The molecule has 0 aliphatic heterocycles. The van der Waals surface area contributed by atoms with Gasteiger partial charge in [-0.15, -0.1) is 0 Å². The average molecular weight is 362 g/mol. The van der Waals surface area contributed by atoms with E-state index in [-0.39, 0.29) is 24.2 Å². The van der Waals surface area contributed by atoms with Crippen LogP contribution in [0.15, 0.2) is 54.6 Å². The lowest BCUT2D eigenvalue weighted by molar-refractivity contribution is 0.0956. The molecule has 0 aliphatic rings. The molecule has 0 saturated carbocycles. The van der Waals surface area contributed by atoms with Gasteiger partial charge in [-0.05, 0) is 30.7 Å². The highest BCUT2D eigenvalue weighted by Gasteiger charge is 2.16. The highest BCUT2D eigenvalue weighted by molar-refractivity contribution is 7.89. The second kappa shape index (κ2) is 8.64. The minimum Gasteiger partial charge on any atom is -0.497 e. The van der Waals surface area contributed by atoms with Gasteiger partial charge in [0.1, 0.15) is 5.75 Å². The summed E-state index contributed by atoms with van der Waals surface area (Å²) in [6.45, 7) is 1.80. The molecule has 0 fully saturated rings. The highest BCUT2D eigenvalue weighted by atomic mass is 32.2. The van der Waals surface area contributed by atoms with Crippen LogP contribution in [-0.4, -0.2) is 33.7 Å². The highest BCUT2D eigenvalue weighted by Crippen LogP contribution is 2.13. The molecule has 0 saturated heterocycles. The van der Waals surface area contributed by atoms with Gasteiger partial charge in [-0.2, -0.15) is 0 Å². The molecule has 0 unspecified atom stereocenters. The number of benzene rings is 2. The Hall–Kier alpha value is -2.38. The van der Waals surface area contributed by atoms with Crippen molar-refractivity contribution in [3.8, 4) is 5.75 Å². The second-order valence-corrected chi connectivity index (χ2v) is 7.43. The van der Waals surface area contributed by atoms with Crippen LogP contribution in [0, 0.1) is 0 Å². The molecule has 7 heteroatoms. The lowest BCUT2D eigenvalue weighted by atomic mass is 10.1. The molecule has 2 N–H and O–H groups in total. The smallest absolute Gasteiger partial charge is 0.251 e. The number of carbonyl (C=O) groups is 1. The molecule has 0 radical (unpaired) electrons. The zero-order valence-corrected chi connectivity index (χ0v) is 15.0. The predicted molar refractivity (Wildman–Crippen MR) is 97.1 cm³/mol. The third kappa shape index (κ3) is 5.88. The molecule has 2 rings (SSSR count). The zero-order valence-electron chi connectivity index (χ0n) is 14.2. The first-order valence-electron chi connectivity index (χ1n) is 7.88. The molecule has 6 nitrogen and oxygen atoms in total. The van der Waals surface area contributed by atoms with Crippen LogP contribution in [0.3, 0.4) is 0 Å². The van der Waals surface area contributed by atoms with Crippen molar-refractivity contribution in [1.82, 2.24) is 10.0 Å². The van der Waals surface area contributed by atoms with Crippen LogP contribution in [0.4, 0.5) is 0 Å². The van der Waals surface area contributed by atoms with Crippen molar-refractivity contribution in [3.05, 3.63) is 65.7 Å². The molecule has 0 spiro atoms. The number of sulfonamides is 1. The normalized spacial score (nSPS) is 12.4. The van der Waals surface area contributed by atoms with E-state index in [1.165, 1.54) is 7.11 Å². The van der Waals surface area contributed by atoms with E-state index in [0.29, 0.717) is 11.3 Å². The molecule has 1 amide bonds. The van der Waals surface area contributed by atoms with Gasteiger partial charge in [-0.1, -0.05) is 36.4 Å². The summed E-state index contributed by atoms with van der Waals surface area (Å²) >= 11 is 0. The van der Waals surface area contributed by atoms with Crippen molar-refractivity contribution in [2.75, 3.05) is 19.4 Å². The van der Waals surface area contributed by atoms with Crippen molar-refractivity contribution in [2.45, 2.75) is 13.0 Å². The van der Waals surface area contributed by atoms with E-state index in [2.05, 4.69) is 10.0 Å². The van der Waals surface area contributed by atoms with Gasteiger partial charge in [0, 0.05) is 18.2 Å². The summed E-state index contributed by atoms with van der Waals surface area (Å²) in [6, 6.07) is 15.6. The topological polar surface area (TPSA) is 84.5 Å². The second-order valence-electron chi connectivity index (χ2n) is 5.56. The molecular weight excluding hydrogens is 340 g/mol. The summed E-state index contributed by atoms with van der Waals surface area (Å²) < 4.78 is 32.0. The Morgan fingerprint density at radius 3 is 2.52 bits per heavy atom. The van der Waals surface area contributed by atoms with E-state index in [4.69, 9.17) is 4.74 Å². The largest absolute Gasteiger partial charge is 0.497 e. The van der Waals surface area contributed by atoms with Crippen molar-refractivity contribution in [2.24, 2.45) is 0 Å². The van der Waals surface area contributed by atoms with Gasteiger partial charge in [-0.25, -0.2) is 13.1 Å². The maximum Gasteiger partial charge on any atom is 0.251 e. The third-order valence-corrected chi connectivity index (χ3v) is 5.10. The van der Waals surface area contributed by atoms with Crippen LogP contribution in [-0.2, 0) is 10.0 Å². The molecule has 2 aromatic carbocycles. The standard InChI is InChI=1S/C18H22N2O4S/c1-14(15-7-4-3-5-8-15)20-25(22,23)12-11-19-18(21)16-9-6-10-17(13-16)24-2/h3-10,13-14,20H,11-12H2,1-2H3,(H,19,21)/t14-/m1/s1. The summed E-state index contributed by atoms with van der Waals surface area (Å²) in [6.07, 6.45) is 0. The molecule has 0 aromatic heterocycles. The summed E-state index contributed by atoms with van der Waals surface area (Å²) in [4.78, 5) is 12.1. The average Bonchev–Trinajstić information content (AvgIpc) is 2.61. The Kier molecular flexibility index (Phi) is 6.55. The number of hydrogen-bond acceptors (Lipinski definition) is 4. The van der Waals surface area contributed by atoms with E-state index in [0.717, 1.165) is 5.56 Å². The maximum atomic E-state index is 12.2. The lowest BCUT2D eigenvalue weighted by Gasteiger charge is -2.15.